The molecule has 2 heterocycles. The third-order valence-corrected chi connectivity index (χ3v) is 10.2. The number of methoxy groups -OCH3 is 1. The lowest BCUT2D eigenvalue weighted by Crippen LogP contribution is -2.48. The number of carbonyl (C=O) groups is 2. The fourth-order valence-electron chi connectivity index (χ4n) is 7.06. The van der Waals surface area contributed by atoms with Gasteiger partial charge in [0.2, 0.25) is 10.0 Å². The first-order chi connectivity index (χ1) is 26.3. The summed E-state index contributed by atoms with van der Waals surface area (Å²) < 4.78 is 51.8. The smallest absolute Gasteiger partial charge is 0.323 e. The Balaban J connectivity index is 1.14. The van der Waals surface area contributed by atoms with Gasteiger partial charge in [-0.15, -0.1) is 0 Å². The van der Waals surface area contributed by atoms with Crippen LogP contribution in [-0.2, 0) is 20.2 Å². The number of nitrogens with one attached hydrogen (secondary N) is 3. The average molecular weight is 765 g/mol. The third kappa shape index (κ3) is 8.32. The van der Waals surface area contributed by atoms with Gasteiger partial charge in [-0.05, 0) is 64.9 Å². The van der Waals surface area contributed by atoms with Gasteiger partial charge in [-0.3, -0.25) is 9.52 Å². The van der Waals surface area contributed by atoms with Crippen molar-refractivity contribution in [2.75, 3.05) is 41.8 Å². The van der Waals surface area contributed by atoms with Gasteiger partial charge in [0, 0.05) is 10.9 Å². The normalized spacial score (nSPS) is 19.4. The van der Waals surface area contributed by atoms with Gasteiger partial charge in [0.1, 0.15) is 23.7 Å². The Morgan fingerprint density at radius 2 is 1.25 bits per heavy atom. The highest BCUT2D eigenvalue weighted by Gasteiger charge is 2.53. The molecule has 0 saturated carbocycles. The van der Waals surface area contributed by atoms with Crippen molar-refractivity contribution < 1.29 is 37.0 Å². The van der Waals surface area contributed by atoms with E-state index in [1.54, 1.807) is 29.2 Å². The summed E-state index contributed by atoms with van der Waals surface area (Å²) in [6.07, 6.45) is -0.752. The summed E-state index contributed by atoms with van der Waals surface area (Å²) in [5.74, 6) is 1.35. The number of carbonyl (C=O) groups excluding carboxylic acids is 2. The molecule has 55 heavy (non-hydrogen) atoms. The van der Waals surface area contributed by atoms with Crippen LogP contribution in [-0.4, -0.2) is 76.1 Å². The van der Waals surface area contributed by atoms with Crippen molar-refractivity contribution in [3.05, 3.63) is 120 Å². The monoisotopic (exact) mass is 764 g/mol. The van der Waals surface area contributed by atoms with E-state index in [2.05, 4.69) is 15.4 Å². The van der Waals surface area contributed by atoms with Crippen LogP contribution in [0.15, 0.2) is 109 Å². The number of para-hydroxylation sites is 2. The number of anilines is 3. The summed E-state index contributed by atoms with van der Waals surface area (Å²) in [5, 5.41) is 7.07. The standard InChI is InChI=1S/C42H44N4O8S/c1-42(2,3)26-22-33(37(51-4)34(23-26)45-55(5,49)50)44-41(48)43-32-21-20-31(29-18-12-13-19-30(29)32)40(47)46-24-35-38(52-27-14-8-6-9-15-27)39(36(25-46)54-35)53-28-16-10-7-11-17-28/h6-23,35-36,38-39,45H,24-25H2,1-5H3,(H2,43,44,48). The molecule has 2 fully saturated rings. The molecule has 2 aliphatic rings. The van der Waals surface area contributed by atoms with Crippen LogP contribution in [0.3, 0.4) is 0 Å². The van der Waals surface area contributed by atoms with Crippen LogP contribution in [0.1, 0.15) is 36.7 Å². The van der Waals surface area contributed by atoms with Crippen molar-refractivity contribution in [1.82, 2.24) is 4.90 Å². The van der Waals surface area contributed by atoms with Crippen LogP contribution in [0.2, 0.25) is 0 Å². The maximum atomic E-state index is 14.4. The average Bonchev–Trinajstić information content (AvgIpc) is 3.37. The molecule has 4 atom stereocenters. The van der Waals surface area contributed by atoms with Gasteiger partial charge in [0.15, 0.2) is 18.0 Å². The van der Waals surface area contributed by atoms with Crippen LogP contribution in [0.5, 0.6) is 17.2 Å². The van der Waals surface area contributed by atoms with E-state index in [9.17, 15) is 18.0 Å². The number of rotatable bonds is 10. The lowest BCUT2D eigenvalue weighted by atomic mass is 9.86. The quantitative estimate of drug-likeness (QED) is 0.135. The minimum absolute atomic E-state index is 0.159. The number of fused-ring (bicyclic) bond motifs is 3. The summed E-state index contributed by atoms with van der Waals surface area (Å²) in [6, 6.07) is 32.7. The molecule has 2 saturated heterocycles. The zero-order chi connectivity index (χ0) is 38.9. The number of amides is 3. The zero-order valence-electron chi connectivity index (χ0n) is 31.2. The van der Waals surface area contributed by atoms with Crippen molar-refractivity contribution in [3.8, 4) is 17.2 Å². The minimum atomic E-state index is -3.65. The number of sulfonamides is 1. The minimum Gasteiger partial charge on any atom is -0.492 e. The molecule has 0 aliphatic carbocycles. The van der Waals surface area contributed by atoms with E-state index in [1.165, 1.54) is 7.11 Å². The van der Waals surface area contributed by atoms with Crippen LogP contribution >= 0.6 is 0 Å². The van der Waals surface area contributed by atoms with E-state index in [-0.39, 0.29) is 28.4 Å². The highest BCUT2D eigenvalue weighted by molar-refractivity contribution is 7.92. The van der Waals surface area contributed by atoms with Crippen molar-refractivity contribution in [2.45, 2.75) is 50.6 Å². The van der Waals surface area contributed by atoms with Gasteiger partial charge in [-0.1, -0.05) is 81.4 Å². The maximum Gasteiger partial charge on any atom is 0.323 e. The first kappa shape index (κ1) is 37.5. The molecule has 4 unspecified atom stereocenters. The second-order valence-electron chi connectivity index (χ2n) is 14.7. The Morgan fingerprint density at radius 3 is 1.80 bits per heavy atom. The number of likely N-dealkylation sites (tertiary alicyclic amines) is 1. The molecule has 2 bridgehead atoms. The second-order valence-corrected chi connectivity index (χ2v) is 16.5. The summed E-state index contributed by atoms with van der Waals surface area (Å²) in [6.45, 7) is 6.53. The van der Waals surface area contributed by atoms with E-state index in [0.717, 1.165) is 11.8 Å². The Kier molecular flexibility index (Phi) is 10.3. The molecule has 286 valence electrons. The Morgan fingerprint density at radius 1 is 0.727 bits per heavy atom. The summed E-state index contributed by atoms with van der Waals surface area (Å²) in [7, 11) is -2.25. The van der Waals surface area contributed by atoms with Crippen LogP contribution in [0, 0.1) is 0 Å². The molecular weight excluding hydrogens is 721 g/mol. The zero-order valence-corrected chi connectivity index (χ0v) is 32.1. The van der Waals surface area contributed by atoms with Gasteiger partial charge in [0.25, 0.3) is 5.91 Å². The molecule has 5 aromatic rings. The number of nitrogens with zero attached hydrogens (tertiary/aromatic N) is 1. The fourth-order valence-corrected chi connectivity index (χ4v) is 7.61. The predicted molar refractivity (Wildman–Crippen MR) is 213 cm³/mol. The van der Waals surface area contributed by atoms with Crippen molar-refractivity contribution in [2.24, 2.45) is 0 Å². The molecule has 12 nitrogen and oxygen atoms in total. The molecule has 5 aromatic carbocycles. The number of hydrogen-bond donors (Lipinski definition) is 3. The Hall–Kier alpha value is -5.79. The highest BCUT2D eigenvalue weighted by atomic mass is 32.2. The molecular formula is C42H44N4O8S. The first-order valence-electron chi connectivity index (χ1n) is 18.0. The van der Waals surface area contributed by atoms with Crippen molar-refractivity contribution in [3.63, 3.8) is 0 Å². The van der Waals surface area contributed by atoms with Crippen LogP contribution in [0.25, 0.3) is 10.8 Å². The maximum absolute atomic E-state index is 14.4. The van der Waals surface area contributed by atoms with Gasteiger partial charge in [-0.2, -0.15) is 0 Å². The van der Waals surface area contributed by atoms with E-state index < -0.39 is 40.5 Å². The largest absolute Gasteiger partial charge is 0.492 e. The lowest BCUT2D eigenvalue weighted by molar-refractivity contribution is -0.0520. The number of morpholine rings is 1. The summed E-state index contributed by atoms with van der Waals surface area (Å²) in [4.78, 5) is 29.8. The van der Waals surface area contributed by atoms with Gasteiger partial charge >= 0.3 is 6.03 Å². The second kappa shape index (κ2) is 15.2. The number of ether oxygens (including phenoxy) is 4. The molecule has 3 amide bonds. The van der Waals surface area contributed by atoms with E-state index in [1.807, 2.05) is 106 Å². The molecule has 7 rings (SSSR count). The number of benzene rings is 5. The molecule has 0 aromatic heterocycles. The molecule has 3 N–H and O–H groups in total. The summed E-state index contributed by atoms with van der Waals surface area (Å²) >= 11 is 0. The third-order valence-electron chi connectivity index (χ3n) is 9.63. The number of urea groups is 1. The topological polar surface area (TPSA) is 145 Å². The first-order valence-corrected chi connectivity index (χ1v) is 19.8. The Labute approximate surface area is 320 Å². The van der Waals surface area contributed by atoms with Crippen molar-refractivity contribution in [1.29, 1.82) is 0 Å². The van der Waals surface area contributed by atoms with Gasteiger partial charge in [0.05, 0.1) is 43.5 Å². The number of hydrogen-bond acceptors (Lipinski definition) is 8. The SMILES string of the molecule is COc1c(NC(=O)Nc2ccc(C(=O)N3CC4OC(C3)C(Oc3ccccc3)C4Oc3ccccc3)c3ccccc23)cc(C(C)(C)C)cc1NS(C)(=O)=O. The lowest BCUT2D eigenvalue weighted by Gasteiger charge is -2.32. The van der Waals surface area contributed by atoms with Crippen LogP contribution < -0.4 is 29.6 Å². The molecule has 13 heteroatoms. The highest BCUT2D eigenvalue weighted by Crippen LogP contribution is 2.40. The molecule has 0 spiro atoms. The Bertz CT molecular complexity index is 2260. The predicted octanol–water partition coefficient (Wildman–Crippen LogP) is 7.28. The van der Waals surface area contributed by atoms with E-state index in [0.29, 0.717) is 46.6 Å². The van der Waals surface area contributed by atoms with E-state index >= 15 is 0 Å². The van der Waals surface area contributed by atoms with Gasteiger partial charge in [-0.25, -0.2) is 13.2 Å². The fraction of sp³-hybridized carbons (Fsp3) is 0.286. The van der Waals surface area contributed by atoms with Gasteiger partial charge < -0.3 is 34.5 Å². The van der Waals surface area contributed by atoms with Crippen molar-refractivity contribution >= 4 is 49.8 Å². The van der Waals surface area contributed by atoms with E-state index in [4.69, 9.17) is 18.9 Å². The van der Waals surface area contributed by atoms with Crippen LogP contribution in [0.4, 0.5) is 21.9 Å². The molecule has 0 radical (unpaired) electrons. The molecule has 2 aliphatic heterocycles. The summed E-state index contributed by atoms with van der Waals surface area (Å²) in [5.41, 5.74) is 1.82.